The molecule has 2 atom stereocenters. The van der Waals surface area contributed by atoms with Gasteiger partial charge in [0.15, 0.2) is 12.1 Å². The second-order valence-corrected chi connectivity index (χ2v) is 6.73. The zero-order valence-electron chi connectivity index (χ0n) is 14.6. The van der Waals surface area contributed by atoms with Crippen LogP contribution < -0.4 is 9.91 Å². The van der Waals surface area contributed by atoms with Crippen LogP contribution in [-0.4, -0.2) is 23.9 Å². The van der Waals surface area contributed by atoms with Gasteiger partial charge in [-0.05, 0) is 61.7 Å². The summed E-state index contributed by atoms with van der Waals surface area (Å²) in [6.45, 7) is 5.46. The lowest BCUT2D eigenvalue weighted by Crippen LogP contribution is -2.40. The minimum absolute atomic E-state index is 0.396. The van der Waals surface area contributed by atoms with Gasteiger partial charge in [-0.2, -0.15) is 5.11 Å². The molecule has 0 radical (unpaired) electrons. The van der Waals surface area contributed by atoms with Gasteiger partial charge in [-0.25, -0.2) is 14.3 Å². The van der Waals surface area contributed by atoms with Crippen molar-refractivity contribution in [2.75, 3.05) is 9.91 Å². The van der Waals surface area contributed by atoms with Crippen molar-refractivity contribution in [1.82, 2.24) is 0 Å². The van der Waals surface area contributed by atoms with Crippen LogP contribution in [0.4, 0.5) is 15.8 Å². The van der Waals surface area contributed by atoms with Crippen molar-refractivity contribution in [3.8, 4) is 0 Å². The van der Waals surface area contributed by atoms with Crippen molar-refractivity contribution in [3.05, 3.63) is 58.9 Å². The highest BCUT2D eigenvalue weighted by molar-refractivity contribution is 6.26. The topological polar surface area (TPSA) is 65.3 Å². The smallest absolute Gasteiger partial charge is 0.263 e. The largest absolute Gasteiger partial charge is 0.271 e. The van der Waals surface area contributed by atoms with Gasteiger partial charge in [0.1, 0.15) is 5.82 Å². The SMILES string of the molecule is Cc1cc(C)cc(N2C(=O)[C@H]3N=NN(c4ccc(C)c(F)c4)[C@H]3C2=O)c1. The Balaban J connectivity index is 1.72. The van der Waals surface area contributed by atoms with Crippen LogP contribution >= 0.6 is 0 Å². The van der Waals surface area contributed by atoms with Crippen LogP contribution in [0.5, 0.6) is 0 Å². The summed E-state index contributed by atoms with van der Waals surface area (Å²) in [5.41, 5.74) is 3.32. The molecule has 7 heteroatoms. The van der Waals surface area contributed by atoms with Gasteiger partial charge in [-0.3, -0.25) is 9.59 Å². The van der Waals surface area contributed by atoms with Crippen LogP contribution in [-0.2, 0) is 9.59 Å². The molecule has 2 aromatic carbocycles. The fourth-order valence-electron chi connectivity index (χ4n) is 3.43. The Kier molecular flexibility index (Phi) is 3.61. The quantitative estimate of drug-likeness (QED) is 0.780. The average molecular weight is 352 g/mol. The molecule has 1 saturated heterocycles. The molecule has 2 amide bonds. The first kappa shape index (κ1) is 16.4. The van der Waals surface area contributed by atoms with E-state index in [0.717, 1.165) is 16.0 Å². The maximum absolute atomic E-state index is 13.9. The zero-order valence-corrected chi connectivity index (χ0v) is 14.6. The molecule has 0 unspecified atom stereocenters. The van der Waals surface area contributed by atoms with Gasteiger partial charge >= 0.3 is 0 Å². The fourth-order valence-corrected chi connectivity index (χ4v) is 3.43. The fraction of sp³-hybridized carbons (Fsp3) is 0.263. The molecule has 0 spiro atoms. The third-order valence-electron chi connectivity index (χ3n) is 4.67. The number of nitrogens with zero attached hydrogens (tertiary/aromatic N) is 4. The standard InChI is InChI=1S/C19H17FN4O2/c1-10-6-11(2)8-14(7-10)23-18(25)16-17(19(23)26)24(22-21-16)13-5-4-12(3)15(20)9-13/h4-9,16-17H,1-3H3/t16-,17+/m0/s1. The van der Waals surface area contributed by atoms with Gasteiger partial charge in [-0.1, -0.05) is 17.4 Å². The number of benzene rings is 2. The zero-order chi connectivity index (χ0) is 18.6. The van der Waals surface area contributed by atoms with E-state index in [4.69, 9.17) is 0 Å². The highest BCUT2D eigenvalue weighted by atomic mass is 19.1. The van der Waals surface area contributed by atoms with Crippen LogP contribution in [0.3, 0.4) is 0 Å². The first-order chi connectivity index (χ1) is 12.4. The Morgan fingerprint density at radius 2 is 1.62 bits per heavy atom. The summed E-state index contributed by atoms with van der Waals surface area (Å²) in [4.78, 5) is 26.9. The molecule has 0 N–H and O–H groups in total. The molecular formula is C19H17FN4O2. The first-order valence-corrected chi connectivity index (χ1v) is 8.29. The van der Waals surface area contributed by atoms with E-state index >= 15 is 0 Å². The Morgan fingerprint density at radius 1 is 0.923 bits per heavy atom. The predicted molar refractivity (Wildman–Crippen MR) is 94.5 cm³/mol. The summed E-state index contributed by atoms with van der Waals surface area (Å²) in [6, 6.07) is 8.32. The van der Waals surface area contributed by atoms with Crippen LogP contribution in [0, 0.1) is 26.6 Å². The van der Waals surface area contributed by atoms with Crippen LogP contribution in [0.15, 0.2) is 46.7 Å². The van der Waals surface area contributed by atoms with E-state index in [1.165, 1.54) is 11.1 Å². The second kappa shape index (κ2) is 5.72. The number of hydrogen-bond donors (Lipinski definition) is 0. The van der Waals surface area contributed by atoms with E-state index in [9.17, 15) is 14.0 Å². The maximum Gasteiger partial charge on any atom is 0.263 e. The molecule has 2 aliphatic heterocycles. The molecule has 2 heterocycles. The van der Waals surface area contributed by atoms with Crippen LogP contribution in [0.1, 0.15) is 16.7 Å². The summed E-state index contributed by atoms with van der Waals surface area (Å²) in [5, 5.41) is 9.25. The summed E-state index contributed by atoms with van der Waals surface area (Å²) in [6.07, 6.45) is 0. The van der Waals surface area contributed by atoms with Gasteiger partial charge in [0.25, 0.3) is 11.8 Å². The molecule has 6 nitrogen and oxygen atoms in total. The van der Waals surface area contributed by atoms with E-state index in [1.54, 1.807) is 31.2 Å². The first-order valence-electron chi connectivity index (χ1n) is 8.29. The minimum Gasteiger partial charge on any atom is -0.271 e. The number of anilines is 2. The molecule has 0 aliphatic carbocycles. The predicted octanol–water partition coefficient (Wildman–Crippen LogP) is 3.25. The Morgan fingerprint density at radius 3 is 2.27 bits per heavy atom. The number of carbonyl (C=O) groups is 2. The number of fused-ring (bicyclic) bond motifs is 1. The lowest BCUT2D eigenvalue weighted by molar-refractivity contribution is -0.121. The summed E-state index contributed by atoms with van der Waals surface area (Å²) in [7, 11) is 0. The van der Waals surface area contributed by atoms with E-state index in [-0.39, 0.29) is 0 Å². The molecule has 2 aliphatic rings. The number of rotatable bonds is 2. The molecule has 132 valence electrons. The average Bonchev–Trinajstić information content (AvgIpc) is 3.10. The molecule has 4 rings (SSSR count). The molecule has 1 fully saturated rings. The lowest BCUT2D eigenvalue weighted by Gasteiger charge is -2.21. The number of imide groups is 1. The second-order valence-electron chi connectivity index (χ2n) is 6.73. The third kappa shape index (κ3) is 2.39. The van der Waals surface area contributed by atoms with Crippen molar-refractivity contribution in [2.24, 2.45) is 10.3 Å². The van der Waals surface area contributed by atoms with E-state index < -0.39 is 29.7 Å². The Labute approximate surface area is 149 Å². The molecule has 0 aromatic heterocycles. The van der Waals surface area contributed by atoms with Crippen LogP contribution in [0.25, 0.3) is 0 Å². The van der Waals surface area contributed by atoms with E-state index in [1.807, 2.05) is 19.9 Å². The number of halogens is 1. The number of carbonyl (C=O) groups excluding carboxylic acids is 2. The molecule has 0 saturated carbocycles. The van der Waals surface area contributed by atoms with Crippen molar-refractivity contribution >= 4 is 23.2 Å². The summed E-state index contributed by atoms with van der Waals surface area (Å²) >= 11 is 0. The van der Waals surface area contributed by atoms with E-state index in [2.05, 4.69) is 10.3 Å². The molecule has 0 bridgehead atoms. The normalized spacial score (nSPS) is 21.7. The molecule has 2 aromatic rings. The van der Waals surface area contributed by atoms with Gasteiger partial charge in [-0.15, -0.1) is 0 Å². The van der Waals surface area contributed by atoms with Crippen molar-refractivity contribution in [3.63, 3.8) is 0 Å². The van der Waals surface area contributed by atoms with Gasteiger partial charge in [0, 0.05) is 0 Å². The highest BCUT2D eigenvalue weighted by Crippen LogP contribution is 2.35. The Hall–Kier alpha value is -3.09. The Bertz CT molecular complexity index is 952. The third-order valence-corrected chi connectivity index (χ3v) is 4.67. The highest BCUT2D eigenvalue weighted by Gasteiger charge is 2.55. The summed E-state index contributed by atoms with van der Waals surface area (Å²) < 4.78 is 13.9. The number of hydrogen-bond acceptors (Lipinski definition) is 5. The van der Waals surface area contributed by atoms with Crippen molar-refractivity contribution < 1.29 is 14.0 Å². The lowest BCUT2D eigenvalue weighted by atomic mass is 10.1. The van der Waals surface area contributed by atoms with Crippen LogP contribution in [0.2, 0.25) is 0 Å². The van der Waals surface area contributed by atoms with E-state index in [0.29, 0.717) is 16.9 Å². The van der Waals surface area contributed by atoms with Gasteiger partial charge in [0.2, 0.25) is 0 Å². The van der Waals surface area contributed by atoms with Crippen molar-refractivity contribution in [2.45, 2.75) is 32.9 Å². The van der Waals surface area contributed by atoms with Crippen molar-refractivity contribution in [1.29, 1.82) is 0 Å². The molecule has 26 heavy (non-hydrogen) atoms. The van der Waals surface area contributed by atoms with Gasteiger partial charge < -0.3 is 0 Å². The number of amides is 2. The molecular weight excluding hydrogens is 335 g/mol. The maximum atomic E-state index is 13.9. The number of aryl methyl sites for hydroxylation is 3. The summed E-state index contributed by atoms with van der Waals surface area (Å²) in [5.74, 6) is -1.22. The monoisotopic (exact) mass is 352 g/mol. The van der Waals surface area contributed by atoms with Gasteiger partial charge in [0.05, 0.1) is 11.4 Å². The minimum atomic E-state index is -0.910.